The van der Waals surface area contributed by atoms with E-state index in [1.54, 1.807) is 54.6 Å². The number of amides is 2. The third kappa shape index (κ3) is 5.26. The summed E-state index contributed by atoms with van der Waals surface area (Å²) in [6.45, 7) is 1.42. The minimum atomic E-state index is -0.297. The maximum absolute atomic E-state index is 12.5. The van der Waals surface area contributed by atoms with Crippen LogP contribution in [0.15, 0.2) is 60.8 Å². The van der Waals surface area contributed by atoms with Crippen LogP contribution in [0.1, 0.15) is 12.5 Å². The van der Waals surface area contributed by atoms with E-state index in [-0.39, 0.29) is 18.2 Å². The summed E-state index contributed by atoms with van der Waals surface area (Å²) in [7, 11) is 0. The normalized spacial score (nSPS) is 10.5. The Bertz CT molecular complexity index is 1050. The molecule has 2 amide bonds. The molecule has 0 aliphatic heterocycles. The van der Waals surface area contributed by atoms with E-state index < -0.39 is 0 Å². The van der Waals surface area contributed by atoms with Crippen LogP contribution in [-0.2, 0) is 16.0 Å². The third-order valence-corrected chi connectivity index (χ3v) is 4.98. The molecule has 0 fully saturated rings. The van der Waals surface area contributed by atoms with Crippen molar-refractivity contribution < 1.29 is 9.59 Å². The zero-order chi connectivity index (χ0) is 21.0. The maximum atomic E-state index is 12.5. The van der Waals surface area contributed by atoms with E-state index in [1.807, 2.05) is 0 Å². The van der Waals surface area contributed by atoms with Crippen molar-refractivity contribution in [3.63, 3.8) is 0 Å². The Balaban J connectivity index is 1.83. The van der Waals surface area contributed by atoms with Crippen molar-refractivity contribution in [3.8, 4) is 0 Å². The van der Waals surface area contributed by atoms with Gasteiger partial charge in [-0.25, -0.2) is 4.98 Å². The zero-order valence-electron chi connectivity index (χ0n) is 15.3. The minimum absolute atomic E-state index is 0.0148. The van der Waals surface area contributed by atoms with Gasteiger partial charge in [0.05, 0.1) is 12.1 Å². The van der Waals surface area contributed by atoms with Crippen molar-refractivity contribution in [1.82, 2.24) is 4.98 Å². The molecule has 1 aromatic heterocycles. The van der Waals surface area contributed by atoms with Gasteiger partial charge in [-0.1, -0.05) is 46.9 Å². The fraction of sp³-hybridized carbons (Fsp3) is 0.0952. The molecule has 0 bridgehead atoms. The van der Waals surface area contributed by atoms with Crippen molar-refractivity contribution in [2.24, 2.45) is 0 Å². The number of anilines is 3. The Hall–Kier alpha value is -2.60. The second-order valence-electron chi connectivity index (χ2n) is 6.16. The van der Waals surface area contributed by atoms with E-state index in [1.165, 1.54) is 18.0 Å². The first kappa shape index (κ1) is 21.1. The second-order valence-corrected chi connectivity index (χ2v) is 7.41. The molecule has 0 unspecified atom stereocenters. The summed E-state index contributed by atoms with van der Waals surface area (Å²) in [5.41, 5.74) is 1.60. The van der Waals surface area contributed by atoms with E-state index in [2.05, 4.69) is 10.3 Å². The van der Waals surface area contributed by atoms with Crippen LogP contribution in [0.5, 0.6) is 0 Å². The number of aromatic nitrogens is 1. The summed E-state index contributed by atoms with van der Waals surface area (Å²) in [5.74, 6) is -0.186. The Labute approximate surface area is 183 Å². The van der Waals surface area contributed by atoms with Crippen LogP contribution in [0, 0.1) is 0 Å². The zero-order valence-corrected chi connectivity index (χ0v) is 17.6. The fourth-order valence-corrected chi connectivity index (χ4v) is 3.49. The molecule has 1 heterocycles. The summed E-state index contributed by atoms with van der Waals surface area (Å²) in [6.07, 6.45) is 1.52. The van der Waals surface area contributed by atoms with Crippen LogP contribution in [0.3, 0.4) is 0 Å². The van der Waals surface area contributed by atoms with Crippen LogP contribution in [0.2, 0.25) is 15.1 Å². The molecule has 0 saturated carbocycles. The van der Waals surface area contributed by atoms with E-state index >= 15 is 0 Å². The molecule has 3 rings (SSSR count). The van der Waals surface area contributed by atoms with Crippen molar-refractivity contribution >= 4 is 63.8 Å². The quantitative estimate of drug-likeness (QED) is 0.528. The van der Waals surface area contributed by atoms with Gasteiger partial charge in [0, 0.05) is 39.9 Å². The van der Waals surface area contributed by atoms with Gasteiger partial charge >= 0.3 is 0 Å². The van der Waals surface area contributed by atoms with E-state index in [4.69, 9.17) is 34.8 Å². The number of benzene rings is 2. The topological polar surface area (TPSA) is 62.3 Å². The molecular formula is C21H16Cl3N3O2. The first-order valence-electron chi connectivity index (χ1n) is 8.60. The first-order chi connectivity index (χ1) is 13.8. The van der Waals surface area contributed by atoms with Gasteiger partial charge in [0.1, 0.15) is 5.82 Å². The standard InChI is InChI=1S/C21H16Cl3N3O2/c1-13(28)27(16-5-2-4-14(22)10-16)20-11-15(8-9-25-20)26-21(29)12-17-18(23)6-3-7-19(17)24/h2-11H,12H2,1H3,(H,25,26,29). The van der Waals surface area contributed by atoms with Gasteiger partial charge in [-0.2, -0.15) is 0 Å². The number of halogens is 3. The molecule has 29 heavy (non-hydrogen) atoms. The van der Waals surface area contributed by atoms with Crippen molar-refractivity contribution in [2.45, 2.75) is 13.3 Å². The van der Waals surface area contributed by atoms with E-state index in [0.29, 0.717) is 37.8 Å². The largest absolute Gasteiger partial charge is 0.326 e. The smallest absolute Gasteiger partial charge is 0.229 e. The maximum Gasteiger partial charge on any atom is 0.229 e. The molecule has 0 aliphatic rings. The molecular weight excluding hydrogens is 433 g/mol. The highest BCUT2D eigenvalue weighted by Crippen LogP contribution is 2.28. The van der Waals surface area contributed by atoms with Gasteiger partial charge < -0.3 is 5.32 Å². The first-order valence-corrected chi connectivity index (χ1v) is 9.73. The lowest BCUT2D eigenvalue weighted by Gasteiger charge is -2.21. The lowest BCUT2D eigenvalue weighted by atomic mass is 10.1. The van der Waals surface area contributed by atoms with Gasteiger partial charge in [-0.05, 0) is 42.0 Å². The Morgan fingerprint density at radius 1 is 1.00 bits per heavy atom. The van der Waals surface area contributed by atoms with Crippen LogP contribution in [0.25, 0.3) is 0 Å². The Kier molecular flexibility index (Phi) is 6.75. The fourth-order valence-electron chi connectivity index (χ4n) is 2.78. The van der Waals surface area contributed by atoms with Crippen LogP contribution >= 0.6 is 34.8 Å². The van der Waals surface area contributed by atoms with Gasteiger partial charge in [0.2, 0.25) is 11.8 Å². The molecule has 5 nitrogen and oxygen atoms in total. The van der Waals surface area contributed by atoms with E-state index in [9.17, 15) is 9.59 Å². The SMILES string of the molecule is CC(=O)N(c1cccc(Cl)c1)c1cc(NC(=O)Cc2c(Cl)cccc2Cl)ccn1. The molecule has 2 aromatic carbocycles. The highest BCUT2D eigenvalue weighted by molar-refractivity contribution is 6.36. The molecule has 3 aromatic rings. The Morgan fingerprint density at radius 3 is 2.34 bits per heavy atom. The number of hydrogen-bond donors (Lipinski definition) is 1. The van der Waals surface area contributed by atoms with Gasteiger partial charge in [0.25, 0.3) is 0 Å². The molecule has 1 N–H and O–H groups in total. The summed E-state index contributed by atoms with van der Waals surface area (Å²) < 4.78 is 0. The van der Waals surface area contributed by atoms with Crippen LogP contribution < -0.4 is 10.2 Å². The number of nitrogens with one attached hydrogen (secondary N) is 1. The van der Waals surface area contributed by atoms with Crippen molar-refractivity contribution in [1.29, 1.82) is 0 Å². The average Bonchev–Trinajstić information content (AvgIpc) is 2.65. The Morgan fingerprint density at radius 2 is 1.69 bits per heavy atom. The summed E-state index contributed by atoms with van der Waals surface area (Å²) in [6, 6.07) is 15.2. The summed E-state index contributed by atoms with van der Waals surface area (Å²) in [4.78, 5) is 30.4. The van der Waals surface area contributed by atoms with Gasteiger partial charge in [-0.3, -0.25) is 14.5 Å². The molecule has 0 saturated heterocycles. The lowest BCUT2D eigenvalue weighted by Crippen LogP contribution is -2.24. The number of carbonyl (C=O) groups is 2. The van der Waals surface area contributed by atoms with Crippen LogP contribution in [-0.4, -0.2) is 16.8 Å². The molecule has 148 valence electrons. The molecule has 0 atom stereocenters. The monoisotopic (exact) mass is 447 g/mol. The van der Waals surface area contributed by atoms with Crippen molar-refractivity contribution in [3.05, 3.63) is 81.4 Å². The second kappa shape index (κ2) is 9.27. The third-order valence-electron chi connectivity index (χ3n) is 4.04. The van der Waals surface area contributed by atoms with Crippen molar-refractivity contribution in [2.75, 3.05) is 10.2 Å². The average molecular weight is 449 g/mol. The van der Waals surface area contributed by atoms with Gasteiger partial charge in [-0.15, -0.1) is 0 Å². The minimum Gasteiger partial charge on any atom is -0.326 e. The van der Waals surface area contributed by atoms with Crippen LogP contribution in [0.4, 0.5) is 17.2 Å². The molecule has 0 radical (unpaired) electrons. The highest BCUT2D eigenvalue weighted by Gasteiger charge is 2.17. The highest BCUT2D eigenvalue weighted by atomic mass is 35.5. The number of rotatable bonds is 5. The number of hydrogen-bond acceptors (Lipinski definition) is 3. The molecule has 0 aliphatic carbocycles. The number of nitrogens with zero attached hydrogens (tertiary/aromatic N) is 2. The summed E-state index contributed by atoms with van der Waals surface area (Å²) >= 11 is 18.3. The molecule has 0 spiro atoms. The number of pyridine rings is 1. The number of carbonyl (C=O) groups excluding carboxylic acids is 2. The molecule has 8 heteroatoms. The summed E-state index contributed by atoms with van der Waals surface area (Å²) in [5, 5.41) is 4.12. The predicted molar refractivity (Wildman–Crippen MR) is 117 cm³/mol. The van der Waals surface area contributed by atoms with Gasteiger partial charge in [0.15, 0.2) is 0 Å². The lowest BCUT2D eigenvalue weighted by molar-refractivity contribution is -0.116. The van der Waals surface area contributed by atoms with E-state index in [0.717, 1.165) is 0 Å². The predicted octanol–water partition coefficient (Wildman–Crippen LogP) is 5.91.